The first kappa shape index (κ1) is 7.98. The number of nitrogens with one attached hydrogen (secondary N) is 1. The van der Waals surface area contributed by atoms with E-state index in [0.29, 0.717) is 5.56 Å². The molecule has 1 heterocycles. The molecule has 2 aromatic rings. The summed E-state index contributed by atoms with van der Waals surface area (Å²) in [6.07, 6.45) is 1.01. The van der Waals surface area contributed by atoms with Crippen molar-refractivity contribution in [2.24, 2.45) is 0 Å². The molecule has 13 heavy (non-hydrogen) atoms. The van der Waals surface area contributed by atoms with E-state index in [2.05, 4.69) is 4.98 Å². The fourth-order valence-corrected chi connectivity index (χ4v) is 1.20. The number of halogens is 2. The SMILES string of the molecule is Fc1c[nH]c(-c2ccccc2)c1F. The second-order valence-electron chi connectivity index (χ2n) is 2.69. The molecule has 0 spiro atoms. The van der Waals surface area contributed by atoms with E-state index < -0.39 is 11.6 Å². The van der Waals surface area contributed by atoms with Crippen molar-refractivity contribution in [3.8, 4) is 11.3 Å². The Morgan fingerprint density at radius 1 is 1.00 bits per heavy atom. The van der Waals surface area contributed by atoms with Crippen LogP contribution in [0.3, 0.4) is 0 Å². The van der Waals surface area contributed by atoms with Crippen LogP contribution in [0.15, 0.2) is 36.5 Å². The van der Waals surface area contributed by atoms with Gasteiger partial charge in [-0.3, -0.25) is 0 Å². The van der Waals surface area contributed by atoms with Crippen molar-refractivity contribution < 1.29 is 8.78 Å². The number of aromatic nitrogens is 1. The van der Waals surface area contributed by atoms with Gasteiger partial charge in [0.1, 0.15) is 0 Å². The lowest BCUT2D eigenvalue weighted by Crippen LogP contribution is -1.81. The highest BCUT2D eigenvalue weighted by Gasteiger charge is 2.11. The van der Waals surface area contributed by atoms with Crippen molar-refractivity contribution in [3.63, 3.8) is 0 Å². The molecule has 0 amide bonds. The second-order valence-corrected chi connectivity index (χ2v) is 2.69. The Morgan fingerprint density at radius 3 is 2.23 bits per heavy atom. The predicted molar refractivity (Wildman–Crippen MR) is 46.1 cm³/mol. The predicted octanol–water partition coefficient (Wildman–Crippen LogP) is 2.96. The van der Waals surface area contributed by atoms with Crippen LogP contribution in [0.4, 0.5) is 8.78 Å². The maximum atomic E-state index is 13.0. The first-order valence-electron chi connectivity index (χ1n) is 3.87. The van der Waals surface area contributed by atoms with Gasteiger partial charge in [0.25, 0.3) is 0 Å². The van der Waals surface area contributed by atoms with Gasteiger partial charge in [-0.2, -0.15) is 0 Å². The van der Waals surface area contributed by atoms with Crippen LogP contribution in [0.1, 0.15) is 0 Å². The van der Waals surface area contributed by atoms with Gasteiger partial charge in [0, 0.05) is 11.8 Å². The maximum absolute atomic E-state index is 13.0. The van der Waals surface area contributed by atoms with E-state index in [1.54, 1.807) is 24.3 Å². The lowest BCUT2D eigenvalue weighted by Gasteiger charge is -1.96. The molecule has 0 saturated carbocycles. The summed E-state index contributed by atoms with van der Waals surface area (Å²) in [5.41, 5.74) is 0.835. The molecule has 0 saturated heterocycles. The lowest BCUT2D eigenvalue weighted by molar-refractivity contribution is 0.518. The zero-order valence-corrected chi connectivity index (χ0v) is 6.72. The van der Waals surface area contributed by atoms with Gasteiger partial charge in [0.2, 0.25) is 0 Å². The molecule has 1 aromatic heterocycles. The van der Waals surface area contributed by atoms with Crippen LogP contribution in [0.25, 0.3) is 11.3 Å². The minimum atomic E-state index is -0.848. The molecule has 0 aliphatic heterocycles. The van der Waals surface area contributed by atoms with Crippen molar-refractivity contribution in [2.75, 3.05) is 0 Å². The summed E-state index contributed by atoms with van der Waals surface area (Å²) in [6.45, 7) is 0. The Kier molecular flexibility index (Phi) is 1.85. The van der Waals surface area contributed by atoms with Crippen LogP contribution in [0, 0.1) is 11.6 Å². The maximum Gasteiger partial charge on any atom is 0.184 e. The molecular formula is C10H7F2N. The average molecular weight is 179 g/mol. The molecule has 66 valence electrons. The monoisotopic (exact) mass is 179 g/mol. The molecule has 0 atom stereocenters. The summed E-state index contributed by atoms with van der Waals surface area (Å²) in [4.78, 5) is 2.54. The molecule has 1 N–H and O–H groups in total. The number of hydrogen-bond acceptors (Lipinski definition) is 0. The Morgan fingerprint density at radius 2 is 1.69 bits per heavy atom. The van der Waals surface area contributed by atoms with Gasteiger partial charge in [-0.1, -0.05) is 30.3 Å². The molecule has 2 rings (SSSR count). The van der Waals surface area contributed by atoms with E-state index >= 15 is 0 Å². The van der Waals surface area contributed by atoms with Gasteiger partial charge in [-0.15, -0.1) is 0 Å². The minimum absolute atomic E-state index is 0.193. The molecule has 1 aromatic carbocycles. The zero-order chi connectivity index (χ0) is 9.26. The Bertz CT molecular complexity index is 406. The quantitative estimate of drug-likeness (QED) is 0.692. The van der Waals surface area contributed by atoms with Gasteiger partial charge >= 0.3 is 0 Å². The van der Waals surface area contributed by atoms with Crippen LogP contribution in [-0.2, 0) is 0 Å². The van der Waals surface area contributed by atoms with E-state index in [-0.39, 0.29) is 5.69 Å². The normalized spacial score (nSPS) is 10.3. The molecule has 0 bridgehead atoms. The molecular weight excluding hydrogens is 172 g/mol. The van der Waals surface area contributed by atoms with E-state index in [0.717, 1.165) is 6.20 Å². The van der Waals surface area contributed by atoms with Crippen molar-refractivity contribution in [1.29, 1.82) is 0 Å². The molecule has 1 nitrogen and oxygen atoms in total. The van der Waals surface area contributed by atoms with Crippen molar-refractivity contribution in [2.45, 2.75) is 0 Å². The fourth-order valence-electron chi connectivity index (χ4n) is 1.20. The van der Waals surface area contributed by atoms with Crippen LogP contribution in [0.2, 0.25) is 0 Å². The summed E-state index contributed by atoms with van der Waals surface area (Å²) in [7, 11) is 0. The third-order valence-electron chi connectivity index (χ3n) is 1.83. The van der Waals surface area contributed by atoms with Gasteiger partial charge in [0.05, 0.1) is 5.69 Å². The van der Waals surface area contributed by atoms with Crippen molar-refractivity contribution >= 4 is 0 Å². The number of aromatic amines is 1. The van der Waals surface area contributed by atoms with Gasteiger partial charge in [0.15, 0.2) is 11.6 Å². The zero-order valence-electron chi connectivity index (χ0n) is 6.72. The van der Waals surface area contributed by atoms with Gasteiger partial charge in [-0.25, -0.2) is 8.78 Å². The van der Waals surface area contributed by atoms with Crippen LogP contribution >= 0.6 is 0 Å². The number of H-pyrrole nitrogens is 1. The Labute approximate surface area is 74.0 Å². The minimum Gasteiger partial charge on any atom is -0.356 e. The van der Waals surface area contributed by atoms with Crippen LogP contribution in [0.5, 0.6) is 0 Å². The molecule has 0 unspecified atom stereocenters. The Hall–Kier alpha value is -1.64. The summed E-state index contributed by atoms with van der Waals surface area (Å²) >= 11 is 0. The van der Waals surface area contributed by atoms with Gasteiger partial charge < -0.3 is 4.98 Å². The highest BCUT2D eigenvalue weighted by atomic mass is 19.2. The van der Waals surface area contributed by atoms with Crippen molar-refractivity contribution in [1.82, 2.24) is 4.98 Å². The lowest BCUT2D eigenvalue weighted by atomic mass is 10.1. The standard InChI is InChI=1S/C10H7F2N/c11-8-6-13-10(9(8)12)7-4-2-1-3-5-7/h1-6,13H. The highest BCUT2D eigenvalue weighted by Crippen LogP contribution is 2.22. The van der Waals surface area contributed by atoms with E-state index in [9.17, 15) is 8.78 Å². The van der Waals surface area contributed by atoms with Crippen molar-refractivity contribution in [3.05, 3.63) is 48.2 Å². The van der Waals surface area contributed by atoms with E-state index in [1.807, 2.05) is 6.07 Å². The van der Waals surface area contributed by atoms with Crippen LogP contribution in [-0.4, -0.2) is 4.98 Å². The van der Waals surface area contributed by atoms with Gasteiger partial charge in [-0.05, 0) is 0 Å². The third-order valence-corrected chi connectivity index (χ3v) is 1.83. The first-order chi connectivity index (χ1) is 6.29. The highest BCUT2D eigenvalue weighted by molar-refractivity contribution is 5.59. The molecule has 0 aliphatic carbocycles. The summed E-state index contributed by atoms with van der Waals surface area (Å²) < 4.78 is 25.7. The largest absolute Gasteiger partial charge is 0.356 e. The average Bonchev–Trinajstić information content (AvgIpc) is 2.49. The molecule has 0 aliphatic rings. The number of benzene rings is 1. The van der Waals surface area contributed by atoms with E-state index in [4.69, 9.17) is 0 Å². The third kappa shape index (κ3) is 1.33. The van der Waals surface area contributed by atoms with Crippen LogP contribution < -0.4 is 0 Å². The summed E-state index contributed by atoms with van der Waals surface area (Å²) in [6, 6.07) is 8.80. The first-order valence-corrected chi connectivity index (χ1v) is 3.87. The Balaban J connectivity index is 2.53. The van der Waals surface area contributed by atoms with E-state index in [1.165, 1.54) is 0 Å². The molecule has 3 heteroatoms. The molecule has 0 fully saturated rings. The summed E-state index contributed by atoms with van der Waals surface area (Å²) in [5, 5.41) is 0. The number of hydrogen-bond donors (Lipinski definition) is 1. The summed E-state index contributed by atoms with van der Waals surface area (Å²) in [5.74, 6) is -1.68. The second kappa shape index (κ2) is 3.01. The topological polar surface area (TPSA) is 15.8 Å². The smallest absolute Gasteiger partial charge is 0.184 e. The fraction of sp³-hybridized carbons (Fsp3) is 0. The number of rotatable bonds is 1. The molecule has 0 radical (unpaired) electrons.